The van der Waals surface area contributed by atoms with Crippen molar-refractivity contribution in [1.29, 1.82) is 0 Å². The van der Waals surface area contributed by atoms with Gasteiger partial charge < -0.3 is 15.3 Å². The van der Waals surface area contributed by atoms with Gasteiger partial charge in [0.05, 0.1) is 11.6 Å². The van der Waals surface area contributed by atoms with Crippen molar-refractivity contribution in [2.75, 3.05) is 26.7 Å². The zero-order valence-corrected chi connectivity index (χ0v) is 25.6. The number of halogens is 9. The van der Waals surface area contributed by atoms with Crippen molar-refractivity contribution in [1.82, 2.24) is 29.6 Å². The van der Waals surface area contributed by atoms with E-state index in [1.54, 1.807) is 11.3 Å². The molecule has 0 spiro atoms. The van der Waals surface area contributed by atoms with Crippen LogP contribution in [-0.4, -0.2) is 108 Å². The van der Waals surface area contributed by atoms with Crippen LogP contribution in [0.25, 0.3) is 16.6 Å². The van der Waals surface area contributed by atoms with Crippen molar-refractivity contribution in [2.24, 2.45) is 0 Å². The SMILES string of the molecule is CN1CCN(Cc2ccncc2)CC1c1nnn2cc(-c3ccsc3)ccc12.O=C(O)C(F)(F)F.O=C(O)C(F)(F)F.O=C(O)C(F)(F)F. The van der Waals surface area contributed by atoms with E-state index in [4.69, 9.17) is 29.7 Å². The molecule has 0 radical (unpaired) electrons. The Morgan fingerprint density at radius 1 is 0.816 bits per heavy atom. The van der Waals surface area contributed by atoms with Gasteiger partial charge in [-0.05, 0) is 53.2 Å². The van der Waals surface area contributed by atoms with Gasteiger partial charge in [0, 0.05) is 50.3 Å². The zero-order valence-electron chi connectivity index (χ0n) is 24.7. The standard InChI is InChI=1S/C21H22N6S.3C2HF3O2/c1-25-9-10-26(12-16-4-7-22-8-5-16)14-20(25)21-19-3-2-17(13-27(19)24-23-21)18-6-11-28-15-18;3*3-2(4,5)1(6)7/h2-8,11,13,15,20H,9-10,12,14H2,1H3;3*(H,6,7). The molecule has 5 heterocycles. The first-order chi connectivity index (χ1) is 22.6. The predicted octanol–water partition coefficient (Wildman–Crippen LogP) is 5.24. The summed E-state index contributed by atoms with van der Waals surface area (Å²) in [7, 11) is 2.18. The lowest BCUT2D eigenvalue weighted by atomic mass is 10.1. The van der Waals surface area contributed by atoms with Crippen LogP contribution in [0.1, 0.15) is 17.3 Å². The number of carbonyl (C=O) groups is 3. The molecule has 12 nitrogen and oxygen atoms in total. The van der Waals surface area contributed by atoms with Crippen LogP contribution < -0.4 is 0 Å². The van der Waals surface area contributed by atoms with Crippen molar-refractivity contribution in [3.8, 4) is 11.1 Å². The van der Waals surface area contributed by atoms with E-state index in [-0.39, 0.29) is 6.04 Å². The Kier molecular flexibility index (Phi) is 14.0. The molecule has 1 unspecified atom stereocenters. The number of aromatic nitrogens is 4. The minimum Gasteiger partial charge on any atom is -0.475 e. The number of fused-ring (bicyclic) bond motifs is 1. The minimum atomic E-state index is -5.08. The molecule has 5 rings (SSSR count). The van der Waals surface area contributed by atoms with E-state index in [9.17, 15) is 39.5 Å². The molecule has 1 fully saturated rings. The van der Waals surface area contributed by atoms with Gasteiger partial charge in [-0.1, -0.05) is 11.3 Å². The number of hydrogen-bond acceptors (Lipinski definition) is 9. The lowest BCUT2D eigenvalue weighted by Gasteiger charge is -2.38. The van der Waals surface area contributed by atoms with Crippen molar-refractivity contribution < 1.29 is 69.2 Å². The third-order valence-electron chi connectivity index (χ3n) is 6.23. The lowest BCUT2D eigenvalue weighted by Crippen LogP contribution is -2.46. The van der Waals surface area contributed by atoms with Crippen molar-refractivity contribution >= 4 is 34.8 Å². The average molecular weight is 733 g/mol. The Hall–Kier alpha value is -4.83. The highest BCUT2D eigenvalue weighted by Gasteiger charge is 2.39. The fourth-order valence-corrected chi connectivity index (χ4v) is 4.53. The van der Waals surface area contributed by atoms with E-state index in [0.29, 0.717) is 0 Å². The molecule has 268 valence electrons. The summed E-state index contributed by atoms with van der Waals surface area (Å²) in [4.78, 5) is 35.7. The van der Waals surface area contributed by atoms with E-state index in [2.05, 4.69) is 79.4 Å². The highest BCUT2D eigenvalue weighted by molar-refractivity contribution is 7.08. The molecule has 1 aliphatic heterocycles. The number of aliphatic carboxylic acids is 3. The van der Waals surface area contributed by atoms with Gasteiger partial charge >= 0.3 is 36.4 Å². The number of pyridine rings is 2. The number of alkyl halides is 9. The second-order valence-corrected chi connectivity index (χ2v) is 10.5. The van der Waals surface area contributed by atoms with Gasteiger partial charge in [-0.2, -0.15) is 50.9 Å². The first-order valence-electron chi connectivity index (χ1n) is 13.2. The summed E-state index contributed by atoms with van der Waals surface area (Å²) in [6.07, 6.45) is -9.45. The molecule has 1 atom stereocenters. The molecular formula is C27H25F9N6O6S. The molecule has 1 saturated heterocycles. The summed E-state index contributed by atoms with van der Waals surface area (Å²) in [5.41, 5.74) is 5.83. The molecule has 0 saturated carbocycles. The van der Waals surface area contributed by atoms with E-state index >= 15 is 0 Å². The highest BCUT2D eigenvalue weighted by atomic mass is 32.1. The number of nitrogens with zero attached hydrogens (tertiary/aromatic N) is 6. The maximum Gasteiger partial charge on any atom is 0.490 e. The Balaban J connectivity index is 0.000000325. The van der Waals surface area contributed by atoms with Crippen LogP contribution >= 0.6 is 11.3 Å². The Bertz CT molecular complexity index is 1610. The first-order valence-corrected chi connectivity index (χ1v) is 14.1. The monoisotopic (exact) mass is 732 g/mol. The van der Waals surface area contributed by atoms with Gasteiger partial charge in [-0.15, -0.1) is 5.10 Å². The van der Waals surface area contributed by atoms with Crippen LogP contribution in [0.15, 0.2) is 59.7 Å². The predicted molar refractivity (Wildman–Crippen MR) is 152 cm³/mol. The molecule has 0 amide bonds. The van der Waals surface area contributed by atoms with Crippen LogP contribution in [0.4, 0.5) is 39.5 Å². The Morgan fingerprint density at radius 2 is 1.35 bits per heavy atom. The van der Waals surface area contributed by atoms with Crippen LogP contribution in [0.5, 0.6) is 0 Å². The maximum absolute atomic E-state index is 10.6. The summed E-state index contributed by atoms with van der Waals surface area (Å²) >= 11 is 1.71. The largest absolute Gasteiger partial charge is 0.490 e. The molecular weight excluding hydrogens is 707 g/mol. The second kappa shape index (κ2) is 17.0. The third kappa shape index (κ3) is 12.9. The quantitative estimate of drug-likeness (QED) is 0.236. The molecule has 1 aliphatic rings. The molecule has 0 bridgehead atoms. The van der Waals surface area contributed by atoms with Gasteiger partial charge in [0.2, 0.25) is 0 Å². The van der Waals surface area contributed by atoms with Gasteiger partial charge in [-0.3, -0.25) is 14.8 Å². The number of carboxylic acids is 3. The van der Waals surface area contributed by atoms with Crippen molar-refractivity contribution in [2.45, 2.75) is 31.1 Å². The number of rotatable bonds is 4. The van der Waals surface area contributed by atoms with Gasteiger partial charge in [0.15, 0.2) is 0 Å². The van der Waals surface area contributed by atoms with Crippen LogP contribution in [0.3, 0.4) is 0 Å². The molecule has 49 heavy (non-hydrogen) atoms. The Morgan fingerprint density at radius 3 is 1.82 bits per heavy atom. The van der Waals surface area contributed by atoms with Crippen molar-refractivity contribution in [3.63, 3.8) is 0 Å². The minimum absolute atomic E-state index is 0.236. The first kappa shape index (κ1) is 40.3. The summed E-state index contributed by atoms with van der Waals surface area (Å²) < 4.78 is 97.1. The summed E-state index contributed by atoms with van der Waals surface area (Å²) in [6.45, 7) is 3.95. The molecule has 0 aromatic carbocycles. The summed E-state index contributed by atoms with van der Waals surface area (Å²) in [5, 5.41) is 34.6. The smallest absolute Gasteiger partial charge is 0.475 e. The Labute approximate surface area is 273 Å². The third-order valence-corrected chi connectivity index (χ3v) is 6.91. The van der Waals surface area contributed by atoms with E-state index < -0.39 is 36.4 Å². The van der Waals surface area contributed by atoms with E-state index in [1.165, 1.54) is 16.7 Å². The van der Waals surface area contributed by atoms with Crippen molar-refractivity contribution in [3.05, 3.63) is 70.9 Å². The van der Waals surface area contributed by atoms with Gasteiger partial charge in [0.1, 0.15) is 5.69 Å². The number of thiophene rings is 1. The van der Waals surface area contributed by atoms with Crippen LogP contribution in [0.2, 0.25) is 0 Å². The van der Waals surface area contributed by atoms with Crippen LogP contribution in [0, 0.1) is 0 Å². The molecule has 4 aromatic heterocycles. The second-order valence-electron chi connectivity index (χ2n) is 9.73. The van der Waals surface area contributed by atoms with E-state index in [1.807, 2.05) is 16.9 Å². The van der Waals surface area contributed by atoms with E-state index in [0.717, 1.165) is 37.4 Å². The zero-order chi connectivity index (χ0) is 37.2. The highest BCUT2D eigenvalue weighted by Crippen LogP contribution is 2.29. The van der Waals surface area contributed by atoms with Gasteiger partial charge in [-0.25, -0.2) is 18.9 Å². The average Bonchev–Trinajstić information content (AvgIpc) is 3.69. The molecule has 22 heteroatoms. The normalized spacial score (nSPS) is 15.5. The number of piperazine rings is 1. The number of carboxylic acid groups (broad SMARTS) is 3. The summed E-state index contributed by atoms with van der Waals surface area (Å²) in [5.74, 6) is -8.27. The topological polar surface area (TPSA) is 161 Å². The molecule has 4 aromatic rings. The molecule has 0 aliphatic carbocycles. The van der Waals surface area contributed by atoms with Gasteiger partial charge in [0.25, 0.3) is 0 Å². The van der Waals surface area contributed by atoms with Crippen LogP contribution in [-0.2, 0) is 20.9 Å². The fourth-order valence-electron chi connectivity index (χ4n) is 3.87. The lowest BCUT2D eigenvalue weighted by molar-refractivity contribution is -0.193. The maximum atomic E-state index is 10.6. The number of likely N-dealkylation sites (N-methyl/N-ethyl adjacent to an activating group) is 1. The molecule has 3 N–H and O–H groups in total. The number of hydrogen-bond donors (Lipinski definition) is 3. The summed E-state index contributed by atoms with van der Waals surface area (Å²) in [6, 6.07) is 10.9. The fraction of sp³-hybridized carbons (Fsp3) is 0.333.